The quantitative estimate of drug-likeness (QED) is 0.802. The summed E-state index contributed by atoms with van der Waals surface area (Å²) in [5, 5.41) is 3.28. The zero-order valence-electron chi connectivity index (χ0n) is 12.6. The number of benzene rings is 1. The number of rotatable bonds is 8. The average molecular weight is 314 g/mol. The highest BCUT2D eigenvalue weighted by Crippen LogP contribution is 2.22. The van der Waals surface area contributed by atoms with Crippen molar-refractivity contribution in [3.8, 4) is 0 Å². The van der Waals surface area contributed by atoms with E-state index < -0.39 is 15.8 Å². The van der Waals surface area contributed by atoms with Crippen molar-refractivity contribution in [3.63, 3.8) is 0 Å². The lowest BCUT2D eigenvalue weighted by molar-refractivity contribution is 0.453. The Kier molecular flexibility index (Phi) is 5.35. The van der Waals surface area contributed by atoms with E-state index in [4.69, 9.17) is 0 Å². The van der Waals surface area contributed by atoms with Gasteiger partial charge in [0.15, 0.2) is 0 Å². The Labute approximate surface area is 126 Å². The van der Waals surface area contributed by atoms with Gasteiger partial charge in [0.1, 0.15) is 10.7 Å². The van der Waals surface area contributed by atoms with Crippen molar-refractivity contribution in [2.24, 2.45) is 0 Å². The molecule has 0 radical (unpaired) electrons. The van der Waals surface area contributed by atoms with E-state index in [0.717, 1.165) is 31.2 Å². The molecule has 1 N–H and O–H groups in total. The number of hydrogen-bond donors (Lipinski definition) is 1. The molecule has 0 spiro atoms. The van der Waals surface area contributed by atoms with E-state index in [1.54, 1.807) is 6.07 Å². The van der Waals surface area contributed by atoms with Crippen LogP contribution in [0.2, 0.25) is 0 Å². The highest BCUT2D eigenvalue weighted by Gasteiger charge is 2.24. The highest BCUT2D eigenvalue weighted by atomic mass is 32.2. The molecule has 21 heavy (non-hydrogen) atoms. The van der Waals surface area contributed by atoms with Crippen LogP contribution in [0, 0.1) is 5.82 Å². The van der Waals surface area contributed by atoms with Crippen molar-refractivity contribution in [2.45, 2.75) is 50.1 Å². The summed E-state index contributed by atoms with van der Waals surface area (Å²) in [7, 11) is -2.25. The van der Waals surface area contributed by atoms with Crippen LogP contribution in [0.4, 0.5) is 4.39 Å². The first-order valence-electron chi connectivity index (χ1n) is 7.43. The molecule has 0 aromatic heterocycles. The Hall–Kier alpha value is -0.980. The number of halogens is 1. The first-order valence-corrected chi connectivity index (χ1v) is 8.87. The maximum Gasteiger partial charge on any atom is 0.245 e. The number of sulfonamides is 1. The molecule has 0 aliphatic heterocycles. The molecule has 1 aromatic carbocycles. The van der Waals surface area contributed by atoms with Crippen LogP contribution < -0.4 is 5.32 Å². The lowest BCUT2D eigenvalue weighted by atomic mass is 10.2. The van der Waals surface area contributed by atoms with Crippen LogP contribution >= 0.6 is 0 Å². The van der Waals surface area contributed by atoms with Crippen LogP contribution in [-0.4, -0.2) is 32.4 Å². The van der Waals surface area contributed by atoms with Gasteiger partial charge in [-0.25, -0.2) is 17.1 Å². The lowest BCUT2D eigenvalue weighted by Gasteiger charge is -2.17. The Morgan fingerprint density at radius 1 is 1.38 bits per heavy atom. The average Bonchev–Trinajstić information content (AvgIpc) is 3.26. The summed E-state index contributed by atoms with van der Waals surface area (Å²) in [6.45, 7) is 2.97. The Balaban J connectivity index is 2.10. The summed E-state index contributed by atoms with van der Waals surface area (Å²) < 4.78 is 40.0. The smallest absolute Gasteiger partial charge is 0.245 e. The van der Waals surface area contributed by atoms with Crippen LogP contribution in [0.1, 0.15) is 38.2 Å². The molecule has 1 aliphatic rings. The molecule has 0 bridgehead atoms. The zero-order chi connectivity index (χ0) is 15.5. The molecule has 0 saturated heterocycles. The third kappa shape index (κ3) is 4.25. The summed E-state index contributed by atoms with van der Waals surface area (Å²) in [6.07, 6.45) is 3.99. The summed E-state index contributed by atoms with van der Waals surface area (Å²) in [6, 6.07) is 4.91. The summed E-state index contributed by atoms with van der Waals surface area (Å²) in [5.41, 5.74) is 0.773. The molecule has 118 valence electrons. The fourth-order valence-electron chi connectivity index (χ4n) is 2.08. The second-order valence-electron chi connectivity index (χ2n) is 5.60. The molecule has 0 atom stereocenters. The molecular weight excluding hydrogens is 291 g/mol. The Bertz CT molecular complexity index is 585. The maximum atomic E-state index is 14.1. The van der Waals surface area contributed by atoms with Gasteiger partial charge in [-0.1, -0.05) is 19.4 Å². The minimum Gasteiger partial charge on any atom is -0.310 e. The largest absolute Gasteiger partial charge is 0.310 e. The van der Waals surface area contributed by atoms with Gasteiger partial charge in [0, 0.05) is 26.2 Å². The molecule has 0 heterocycles. The number of nitrogens with one attached hydrogen (secondary N) is 1. The van der Waals surface area contributed by atoms with Gasteiger partial charge in [-0.3, -0.25) is 0 Å². The van der Waals surface area contributed by atoms with Gasteiger partial charge < -0.3 is 5.32 Å². The van der Waals surface area contributed by atoms with Gasteiger partial charge in [0.2, 0.25) is 10.0 Å². The molecule has 0 unspecified atom stereocenters. The second-order valence-corrected chi connectivity index (χ2v) is 7.61. The number of unbranched alkanes of at least 4 members (excludes halogenated alkanes) is 1. The molecule has 1 saturated carbocycles. The van der Waals surface area contributed by atoms with Gasteiger partial charge >= 0.3 is 0 Å². The fraction of sp³-hybridized carbons (Fsp3) is 0.600. The van der Waals surface area contributed by atoms with Crippen LogP contribution in [0.5, 0.6) is 0 Å². The number of nitrogens with zero attached hydrogens (tertiary/aromatic N) is 1. The predicted molar refractivity (Wildman–Crippen MR) is 81.0 cm³/mol. The molecule has 4 nitrogen and oxygen atoms in total. The van der Waals surface area contributed by atoms with E-state index in [-0.39, 0.29) is 4.90 Å². The molecular formula is C15H23FN2O2S. The van der Waals surface area contributed by atoms with Crippen LogP contribution in [-0.2, 0) is 16.6 Å². The van der Waals surface area contributed by atoms with Crippen molar-refractivity contribution >= 4 is 10.0 Å². The van der Waals surface area contributed by atoms with E-state index >= 15 is 0 Å². The minimum atomic E-state index is -3.74. The zero-order valence-corrected chi connectivity index (χ0v) is 13.4. The van der Waals surface area contributed by atoms with Crippen LogP contribution in [0.25, 0.3) is 0 Å². The van der Waals surface area contributed by atoms with Gasteiger partial charge in [-0.05, 0) is 37.0 Å². The third-order valence-electron chi connectivity index (χ3n) is 3.68. The third-order valence-corrected chi connectivity index (χ3v) is 5.57. The fourth-order valence-corrected chi connectivity index (χ4v) is 3.33. The molecule has 6 heteroatoms. The predicted octanol–water partition coefficient (Wildman–Crippen LogP) is 2.50. The van der Waals surface area contributed by atoms with Crippen molar-refractivity contribution in [1.82, 2.24) is 9.62 Å². The first kappa shape index (κ1) is 16.4. The number of hydrogen-bond acceptors (Lipinski definition) is 3. The molecule has 2 rings (SSSR count). The van der Waals surface area contributed by atoms with E-state index in [1.807, 2.05) is 6.92 Å². The van der Waals surface area contributed by atoms with Crippen molar-refractivity contribution < 1.29 is 12.8 Å². The topological polar surface area (TPSA) is 49.4 Å². The molecule has 1 aromatic rings. The first-order chi connectivity index (χ1) is 9.95. The highest BCUT2D eigenvalue weighted by molar-refractivity contribution is 7.89. The van der Waals surface area contributed by atoms with Crippen molar-refractivity contribution in [1.29, 1.82) is 0 Å². The van der Waals surface area contributed by atoms with Crippen molar-refractivity contribution in [3.05, 3.63) is 29.6 Å². The lowest BCUT2D eigenvalue weighted by Crippen LogP contribution is -2.28. The SMILES string of the molecule is CCCCN(C)S(=O)(=O)c1ccc(CNC2CC2)cc1F. The van der Waals surface area contributed by atoms with Gasteiger partial charge in [-0.2, -0.15) is 0 Å². The summed E-state index contributed by atoms with van der Waals surface area (Å²) >= 11 is 0. The Morgan fingerprint density at radius 3 is 2.67 bits per heavy atom. The van der Waals surface area contributed by atoms with E-state index in [9.17, 15) is 12.8 Å². The second kappa shape index (κ2) is 6.85. The van der Waals surface area contributed by atoms with Crippen molar-refractivity contribution in [2.75, 3.05) is 13.6 Å². The Morgan fingerprint density at radius 2 is 2.10 bits per heavy atom. The van der Waals surface area contributed by atoms with Gasteiger partial charge in [0.05, 0.1) is 0 Å². The van der Waals surface area contributed by atoms with E-state index in [0.29, 0.717) is 19.1 Å². The van der Waals surface area contributed by atoms with Crippen LogP contribution in [0.15, 0.2) is 23.1 Å². The van der Waals surface area contributed by atoms with E-state index in [1.165, 1.54) is 23.5 Å². The monoisotopic (exact) mass is 314 g/mol. The minimum absolute atomic E-state index is 0.240. The normalized spacial score (nSPS) is 15.6. The van der Waals surface area contributed by atoms with E-state index in [2.05, 4.69) is 5.32 Å². The van der Waals surface area contributed by atoms with Crippen LogP contribution in [0.3, 0.4) is 0 Å². The maximum absolute atomic E-state index is 14.1. The van der Waals surface area contributed by atoms with Gasteiger partial charge in [0.25, 0.3) is 0 Å². The molecule has 1 fully saturated rings. The molecule has 0 amide bonds. The summed E-state index contributed by atoms with van der Waals surface area (Å²) in [5.74, 6) is -0.673. The summed E-state index contributed by atoms with van der Waals surface area (Å²) in [4.78, 5) is -0.240. The molecule has 1 aliphatic carbocycles. The van der Waals surface area contributed by atoms with Gasteiger partial charge in [-0.15, -0.1) is 0 Å². The standard InChI is InChI=1S/C15H23FN2O2S/c1-3-4-9-18(2)21(19,20)15-8-5-12(10-14(15)16)11-17-13-6-7-13/h5,8,10,13,17H,3-4,6-7,9,11H2,1-2H3.